The van der Waals surface area contributed by atoms with Gasteiger partial charge in [-0.05, 0) is 25.3 Å². The molecule has 1 rings (SSSR count). The number of hydrogen-bond donors (Lipinski definition) is 2. The number of amides is 1. The molecule has 0 fully saturated rings. The highest BCUT2D eigenvalue weighted by Gasteiger charge is 2.17. The van der Waals surface area contributed by atoms with E-state index in [9.17, 15) is 14.9 Å². The zero-order valence-corrected chi connectivity index (χ0v) is 11.0. The van der Waals surface area contributed by atoms with Crippen molar-refractivity contribution in [2.45, 2.75) is 17.9 Å². The van der Waals surface area contributed by atoms with Crippen molar-refractivity contribution in [3.05, 3.63) is 33.9 Å². The van der Waals surface area contributed by atoms with Gasteiger partial charge in [0.15, 0.2) is 0 Å². The van der Waals surface area contributed by atoms with E-state index in [0.717, 1.165) is 0 Å². The van der Waals surface area contributed by atoms with Crippen LogP contribution in [0.15, 0.2) is 23.1 Å². The van der Waals surface area contributed by atoms with E-state index >= 15 is 0 Å². The van der Waals surface area contributed by atoms with Gasteiger partial charge in [-0.15, -0.1) is 11.8 Å². The molecule has 1 amide bonds. The molecule has 3 N–H and O–H groups in total. The number of benzene rings is 1. The van der Waals surface area contributed by atoms with Gasteiger partial charge < -0.3 is 11.1 Å². The second-order valence-electron chi connectivity index (χ2n) is 3.75. The minimum absolute atomic E-state index is 0.0597. The Morgan fingerprint density at radius 3 is 2.78 bits per heavy atom. The van der Waals surface area contributed by atoms with Gasteiger partial charge in [-0.2, -0.15) is 0 Å². The summed E-state index contributed by atoms with van der Waals surface area (Å²) in [5.74, 6) is -0.358. The highest BCUT2D eigenvalue weighted by molar-refractivity contribution is 7.98. The number of nitro benzene ring substituents is 1. The minimum atomic E-state index is -0.491. The van der Waals surface area contributed by atoms with Crippen LogP contribution in [0.3, 0.4) is 0 Å². The molecular weight excluding hydrogens is 254 g/mol. The fraction of sp³-hybridized carbons (Fsp3) is 0.364. The first-order chi connectivity index (χ1) is 8.49. The van der Waals surface area contributed by atoms with Gasteiger partial charge in [-0.25, -0.2) is 0 Å². The second kappa shape index (κ2) is 6.36. The number of rotatable bonds is 5. The van der Waals surface area contributed by atoms with Crippen molar-refractivity contribution in [3.8, 4) is 0 Å². The molecule has 0 saturated heterocycles. The van der Waals surface area contributed by atoms with Crippen LogP contribution in [0.1, 0.15) is 17.3 Å². The van der Waals surface area contributed by atoms with Crippen molar-refractivity contribution in [3.63, 3.8) is 0 Å². The third kappa shape index (κ3) is 3.44. The lowest BCUT2D eigenvalue weighted by molar-refractivity contribution is -0.387. The normalized spacial score (nSPS) is 11.9. The lowest BCUT2D eigenvalue weighted by Gasteiger charge is -2.11. The summed E-state index contributed by atoms with van der Waals surface area (Å²) in [6, 6.07) is 4.25. The predicted molar refractivity (Wildman–Crippen MR) is 70.9 cm³/mol. The van der Waals surface area contributed by atoms with Crippen molar-refractivity contribution in [1.82, 2.24) is 5.32 Å². The van der Waals surface area contributed by atoms with Gasteiger partial charge in [0.1, 0.15) is 0 Å². The lowest BCUT2D eigenvalue weighted by atomic mass is 10.1. The quantitative estimate of drug-likeness (QED) is 0.478. The van der Waals surface area contributed by atoms with Crippen LogP contribution >= 0.6 is 11.8 Å². The van der Waals surface area contributed by atoms with Crippen molar-refractivity contribution < 1.29 is 9.72 Å². The largest absolute Gasteiger partial charge is 0.348 e. The van der Waals surface area contributed by atoms with E-state index in [2.05, 4.69) is 5.32 Å². The third-order valence-electron chi connectivity index (χ3n) is 2.37. The number of hydrogen-bond acceptors (Lipinski definition) is 5. The Bertz CT molecular complexity index is 465. The first kappa shape index (κ1) is 14.5. The summed E-state index contributed by atoms with van der Waals surface area (Å²) in [6.07, 6.45) is 1.75. The van der Waals surface area contributed by atoms with Crippen LogP contribution in [0.2, 0.25) is 0 Å². The highest BCUT2D eigenvalue weighted by atomic mass is 32.2. The molecule has 6 nitrogen and oxygen atoms in total. The van der Waals surface area contributed by atoms with E-state index in [4.69, 9.17) is 5.73 Å². The predicted octanol–water partition coefficient (Wildman–Crippen LogP) is 1.39. The Hall–Kier alpha value is -1.60. The Morgan fingerprint density at radius 2 is 2.28 bits per heavy atom. The minimum Gasteiger partial charge on any atom is -0.348 e. The summed E-state index contributed by atoms with van der Waals surface area (Å²) < 4.78 is 0. The first-order valence-corrected chi connectivity index (χ1v) is 6.55. The van der Waals surface area contributed by atoms with Crippen LogP contribution in [-0.4, -0.2) is 29.7 Å². The summed E-state index contributed by atoms with van der Waals surface area (Å²) in [5, 5.41) is 13.5. The fourth-order valence-corrected chi connectivity index (χ4v) is 1.89. The van der Waals surface area contributed by atoms with E-state index in [1.165, 1.54) is 17.8 Å². The number of nitro groups is 1. The molecule has 18 heavy (non-hydrogen) atoms. The summed E-state index contributed by atoms with van der Waals surface area (Å²) in [5.41, 5.74) is 5.60. The molecule has 0 spiro atoms. The molecule has 7 heteroatoms. The molecule has 0 heterocycles. The molecule has 0 unspecified atom stereocenters. The smallest absolute Gasteiger partial charge is 0.283 e. The van der Waals surface area contributed by atoms with Crippen molar-refractivity contribution in [2.24, 2.45) is 5.73 Å². The Labute approximate surface area is 109 Å². The molecule has 0 saturated carbocycles. The monoisotopic (exact) mass is 269 g/mol. The van der Waals surface area contributed by atoms with Gasteiger partial charge in [0.25, 0.3) is 11.6 Å². The van der Waals surface area contributed by atoms with Crippen LogP contribution in [0.4, 0.5) is 5.69 Å². The standard InChI is InChI=1S/C11H15N3O3S/c1-7(6-12)13-11(15)8-3-4-10(18-2)9(5-8)14(16)17/h3-5,7H,6,12H2,1-2H3,(H,13,15)/t7-/m0/s1. The van der Waals surface area contributed by atoms with Gasteiger partial charge in [0.2, 0.25) is 0 Å². The molecule has 1 atom stereocenters. The number of carbonyl (C=O) groups is 1. The summed E-state index contributed by atoms with van der Waals surface area (Å²) >= 11 is 1.27. The highest BCUT2D eigenvalue weighted by Crippen LogP contribution is 2.28. The lowest BCUT2D eigenvalue weighted by Crippen LogP contribution is -2.37. The average Bonchev–Trinajstić information content (AvgIpc) is 2.37. The number of carbonyl (C=O) groups excluding carboxylic acids is 1. The van der Waals surface area contributed by atoms with E-state index < -0.39 is 4.92 Å². The van der Waals surface area contributed by atoms with Gasteiger partial charge in [-0.1, -0.05) is 0 Å². The van der Waals surface area contributed by atoms with Crippen LogP contribution < -0.4 is 11.1 Å². The number of nitrogens with one attached hydrogen (secondary N) is 1. The van der Waals surface area contributed by atoms with Gasteiger partial charge in [-0.3, -0.25) is 14.9 Å². The fourth-order valence-electron chi connectivity index (χ4n) is 1.34. The average molecular weight is 269 g/mol. The van der Waals surface area contributed by atoms with Crippen LogP contribution in [0.25, 0.3) is 0 Å². The molecule has 0 aromatic heterocycles. The van der Waals surface area contributed by atoms with Gasteiger partial charge in [0.05, 0.1) is 9.82 Å². The van der Waals surface area contributed by atoms with E-state index in [1.54, 1.807) is 25.3 Å². The summed E-state index contributed by atoms with van der Waals surface area (Å²) in [7, 11) is 0. The molecular formula is C11H15N3O3S. The maximum absolute atomic E-state index is 11.8. The van der Waals surface area contributed by atoms with Crippen molar-refractivity contribution in [1.29, 1.82) is 0 Å². The van der Waals surface area contributed by atoms with E-state index in [-0.39, 0.29) is 23.2 Å². The molecule has 0 radical (unpaired) electrons. The molecule has 1 aromatic rings. The number of nitrogens with two attached hydrogens (primary N) is 1. The Balaban J connectivity index is 3.01. The molecule has 0 aliphatic heterocycles. The Kier molecular flexibility index (Phi) is 5.11. The summed E-state index contributed by atoms with van der Waals surface area (Å²) in [4.78, 5) is 22.7. The molecule has 0 aliphatic carbocycles. The zero-order chi connectivity index (χ0) is 13.7. The molecule has 0 aliphatic rings. The van der Waals surface area contributed by atoms with Crippen molar-refractivity contribution >= 4 is 23.4 Å². The topological polar surface area (TPSA) is 98.3 Å². The number of thioether (sulfide) groups is 1. The first-order valence-electron chi connectivity index (χ1n) is 5.33. The van der Waals surface area contributed by atoms with E-state index in [0.29, 0.717) is 11.4 Å². The zero-order valence-electron chi connectivity index (χ0n) is 10.2. The van der Waals surface area contributed by atoms with Crippen molar-refractivity contribution in [2.75, 3.05) is 12.8 Å². The summed E-state index contributed by atoms with van der Waals surface area (Å²) in [6.45, 7) is 2.08. The molecule has 98 valence electrons. The van der Waals surface area contributed by atoms with Crippen LogP contribution in [0, 0.1) is 10.1 Å². The molecule has 1 aromatic carbocycles. The molecule has 0 bridgehead atoms. The van der Waals surface area contributed by atoms with E-state index in [1.807, 2.05) is 0 Å². The maximum atomic E-state index is 11.8. The number of nitrogens with zero attached hydrogens (tertiary/aromatic N) is 1. The third-order valence-corrected chi connectivity index (χ3v) is 3.15. The maximum Gasteiger partial charge on any atom is 0.283 e. The Morgan fingerprint density at radius 1 is 1.61 bits per heavy atom. The van der Waals surface area contributed by atoms with Crippen LogP contribution in [-0.2, 0) is 0 Å². The van der Waals surface area contributed by atoms with Gasteiger partial charge >= 0.3 is 0 Å². The van der Waals surface area contributed by atoms with Gasteiger partial charge in [0, 0.05) is 24.2 Å². The second-order valence-corrected chi connectivity index (χ2v) is 4.60. The SMILES string of the molecule is CSc1ccc(C(=O)N[C@@H](C)CN)cc1[N+](=O)[O-]. The van der Waals surface area contributed by atoms with Crippen LogP contribution in [0.5, 0.6) is 0 Å².